The Balaban J connectivity index is 2.53. The van der Waals surface area contributed by atoms with Gasteiger partial charge in [-0.15, -0.1) is 0 Å². The number of alkyl halides is 3. The van der Waals surface area contributed by atoms with Crippen LogP contribution in [-0.2, 0) is 4.74 Å². The second-order valence-electron chi connectivity index (χ2n) is 4.87. The Kier molecular flexibility index (Phi) is 5.44. The lowest BCUT2D eigenvalue weighted by Crippen LogP contribution is -2.40. The molecular weight excluding hydrogens is 245 g/mol. The summed E-state index contributed by atoms with van der Waals surface area (Å²) < 4.78 is 43.2. The average Bonchev–Trinajstić information content (AvgIpc) is 2.27. The molecule has 0 bridgehead atoms. The molecule has 0 aromatic rings. The van der Waals surface area contributed by atoms with Gasteiger partial charge >= 0.3 is 6.18 Å². The fourth-order valence-electron chi connectivity index (χ4n) is 2.44. The Bertz CT molecular complexity index is 281. The molecule has 1 saturated carbocycles. The van der Waals surface area contributed by atoms with Crippen LogP contribution < -0.4 is 5.73 Å². The molecule has 0 heterocycles. The first-order chi connectivity index (χ1) is 8.36. The quantitative estimate of drug-likeness (QED) is 0.593. The smallest absolute Gasteiger partial charge is 0.387 e. The van der Waals surface area contributed by atoms with Gasteiger partial charge in [-0.1, -0.05) is 26.2 Å². The van der Waals surface area contributed by atoms with Gasteiger partial charge in [-0.2, -0.15) is 13.2 Å². The molecule has 3 atom stereocenters. The molecule has 106 valence electrons. The van der Waals surface area contributed by atoms with E-state index >= 15 is 0 Å². The molecule has 0 aromatic carbocycles. The molecule has 1 aliphatic carbocycles. The van der Waals surface area contributed by atoms with Gasteiger partial charge in [0.15, 0.2) is 0 Å². The third kappa shape index (κ3) is 4.15. The molecule has 1 fully saturated rings. The molecule has 0 radical (unpaired) electrons. The fraction of sp³-hybridized carbons (Fsp3) is 0.917. The zero-order valence-electron chi connectivity index (χ0n) is 10.6. The number of amidine groups is 1. The van der Waals surface area contributed by atoms with Crippen LogP contribution >= 0.6 is 0 Å². The maximum absolute atomic E-state index is 12.6. The summed E-state index contributed by atoms with van der Waals surface area (Å²) in [6.07, 6.45) is 0.238. The van der Waals surface area contributed by atoms with Gasteiger partial charge in [-0.3, -0.25) is 5.41 Å². The van der Waals surface area contributed by atoms with E-state index in [0.29, 0.717) is 5.92 Å². The van der Waals surface area contributed by atoms with E-state index in [2.05, 4.69) is 0 Å². The predicted molar refractivity (Wildman–Crippen MR) is 63.4 cm³/mol. The van der Waals surface area contributed by atoms with E-state index in [0.717, 1.165) is 32.1 Å². The van der Waals surface area contributed by atoms with Crippen molar-refractivity contribution in [2.45, 2.75) is 51.3 Å². The third-order valence-corrected chi connectivity index (χ3v) is 3.61. The minimum Gasteiger partial charge on any atom is -0.387 e. The van der Waals surface area contributed by atoms with Crippen molar-refractivity contribution in [3.05, 3.63) is 0 Å². The van der Waals surface area contributed by atoms with Crippen LogP contribution in [-0.4, -0.2) is 24.7 Å². The lowest BCUT2D eigenvalue weighted by Gasteiger charge is -2.32. The Morgan fingerprint density at radius 1 is 1.39 bits per heavy atom. The predicted octanol–water partition coefficient (Wildman–Crippen LogP) is 3.09. The molecule has 0 spiro atoms. The van der Waals surface area contributed by atoms with Gasteiger partial charge in [0.2, 0.25) is 0 Å². The van der Waals surface area contributed by atoms with Crippen LogP contribution in [0.4, 0.5) is 13.2 Å². The van der Waals surface area contributed by atoms with E-state index in [-0.39, 0.29) is 6.10 Å². The second kappa shape index (κ2) is 6.41. The first-order valence-corrected chi connectivity index (χ1v) is 6.38. The summed E-state index contributed by atoms with van der Waals surface area (Å²) in [7, 11) is 0. The van der Waals surface area contributed by atoms with Crippen LogP contribution in [0.15, 0.2) is 0 Å². The van der Waals surface area contributed by atoms with E-state index in [1.807, 2.05) is 6.92 Å². The molecule has 3 unspecified atom stereocenters. The van der Waals surface area contributed by atoms with Gasteiger partial charge in [-0.05, 0) is 18.8 Å². The summed E-state index contributed by atoms with van der Waals surface area (Å²) in [6.45, 7) is 1.50. The van der Waals surface area contributed by atoms with E-state index in [4.69, 9.17) is 15.9 Å². The van der Waals surface area contributed by atoms with E-state index in [9.17, 15) is 13.2 Å². The average molecular weight is 266 g/mol. The van der Waals surface area contributed by atoms with Gasteiger partial charge < -0.3 is 10.5 Å². The lowest BCUT2D eigenvalue weighted by atomic mass is 9.84. The second-order valence-corrected chi connectivity index (χ2v) is 4.87. The van der Waals surface area contributed by atoms with Crippen molar-refractivity contribution in [2.75, 3.05) is 6.61 Å². The number of rotatable bonds is 5. The maximum atomic E-state index is 12.6. The van der Waals surface area contributed by atoms with Crippen molar-refractivity contribution in [1.82, 2.24) is 0 Å². The van der Waals surface area contributed by atoms with Crippen molar-refractivity contribution in [3.8, 4) is 0 Å². The molecular formula is C12H21F3N2O. The first-order valence-electron chi connectivity index (χ1n) is 6.38. The van der Waals surface area contributed by atoms with Crippen molar-refractivity contribution in [1.29, 1.82) is 5.41 Å². The highest BCUT2D eigenvalue weighted by Gasteiger charge is 2.42. The number of hydrogen-bond donors (Lipinski definition) is 2. The molecule has 1 rings (SSSR count). The summed E-state index contributed by atoms with van der Waals surface area (Å²) in [4.78, 5) is 0. The molecule has 0 saturated heterocycles. The molecule has 0 aromatic heterocycles. The summed E-state index contributed by atoms with van der Waals surface area (Å²) in [6, 6.07) is 0. The Morgan fingerprint density at radius 3 is 2.50 bits per heavy atom. The number of halogens is 3. The van der Waals surface area contributed by atoms with E-state index in [1.54, 1.807) is 0 Å². The van der Waals surface area contributed by atoms with Crippen molar-refractivity contribution < 1.29 is 17.9 Å². The van der Waals surface area contributed by atoms with E-state index in [1.165, 1.54) is 0 Å². The summed E-state index contributed by atoms with van der Waals surface area (Å²) in [5.74, 6) is -2.51. The number of nitrogens with two attached hydrogens (primary N) is 1. The molecule has 3 N–H and O–H groups in total. The highest BCUT2D eigenvalue weighted by molar-refractivity contribution is 5.80. The van der Waals surface area contributed by atoms with Crippen LogP contribution in [0.1, 0.15) is 39.0 Å². The number of ether oxygens (including phenoxy) is 1. The number of nitrogens with one attached hydrogen (secondary N) is 1. The van der Waals surface area contributed by atoms with Crippen molar-refractivity contribution in [3.63, 3.8) is 0 Å². The topological polar surface area (TPSA) is 59.1 Å². The Hall–Kier alpha value is -0.780. The van der Waals surface area contributed by atoms with Crippen LogP contribution in [0, 0.1) is 17.2 Å². The van der Waals surface area contributed by atoms with E-state index < -0.39 is 24.5 Å². The fourth-order valence-corrected chi connectivity index (χ4v) is 2.44. The van der Waals surface area contributed by atoms with Crippen molar-refractivity contribution in [2.24, 2.45) is 17.6 Å². The molecule has 18 heavy (non-hydrogen) atoms. The standard InChI is InChI=1S/C12H21F3N2O/c1-2-8-5-3-4-6-10(8)18-7-9(11(16)17)12(13,14)15/h8-10H,2-7H2,1H3,(H3,16,17). The first kappa shape index (κ1) is 15.3. The molecule has 0 amide bonds. The SMILES string of the molecule is CCC1CCCCC1OCC(C(=N)N)C(F)(F)F. The normalized spacial score (nSPS) is 26.9. The van der Waals surface area contributed by atoms with Gasteiger partial charge in [0.25, 0.3) is 0 Å². The third-order valence-electron chi connectivity index (χ3n) is 3.61. The molecule has 1 aliphatic rings. The maximum Gasteiger partial charge on any atom is 0.400 e. The lowest BCUT2D eigenvalue weighted by molar-refractivity contribution is -0.175. The zero-order chi connectivity index (χ0) is 13.8. The minimum absolute atomic E-state index is 0.118. The Morgan fingerprint density at radius 2 is 2.00 bits per heavy atom. The van der Waals surface area contributed by atoms with Crippen LogP contribution in [0.2, 0.25) is 0 Å². The van der Waals surface area contributed by atoms with Crippen LogP contribution in [0.25, 0.3) is 0 Å². The highest BCUT2D eigenvalue weighted by Crippen LogP contribution is 2.31. The molecule has 3 nitrogen and oxygen atoms in total. The summed E-state index contributed by atoms with van der Waals surface area (Å²) in [5.41, 5.74) is 4.99. The summed E-state index contributed by atoms with van der Waals surface area (Å²) in [5, 5.41) is 7.00. The van der Waals surface area contributed by atoms with Gasteiger partial charge in [0.1, 0.15) is 11.8 Å². The number of hydrogen-bond acceptors (Lipinski definition) is 2. The van der Waals surface area contributed by atoms with Gasteiger partial charge in [0, 0.05) is 0 Å². The minimum atomic E-state index is -4.50. The molecule has 0 aliphatic heterocycles. The Labute approximate surface area is 105 Å². The highest BCUT2D eigenvalue weighted by atomic mass is 19.4. The largest absolute Gasteiger partial charge is 0.400 e. The van der Waals surface area contributed by atoms with Crippen molar-refractivity contribution >= 4 is 5.84 Å². The van der Waals surface area contributed by atoms with Gasteiger partial charge in [0.05, 0.1) is 12.7 Å². The summed E-state index contributed by atoms with van der Waals surface area (Å²) >= 11 is 0. The molecule has 6 heteroatoms. The van der Waals surface area contributed by atoms with Crippen LogP contribution in [0.3, 0.4) is 0 Å². The van der Waals surface area contributed by atoms with Crippen LogP contribution in [0.5, 0.6) is 0 Å². The monoisotopic (exact) mass is 266 g/mol. The van der Waals surface area contributed by atoms with Gasteiger partial charge in [-0.25, -0.2) is 0 Å². The zero-order valence-corrected chi connectivity index (χ0v) is 10.6.